The highest BCUT2D eigenvalue weighted by atomic mass is 32.2. The zero-order valence-electron chi connectivity index (χ0n) is 16.1. The van der Waals surface area contributed by atoms with Crippen molar-refractivity contribution in [3.63, 3.8) is 0 Å². The summed E-state index contributed by atoms with van der Waals surface area (Å²) in [5.74, 6) is 0.655. The first-order valence-corrected chi connectivity index (χ1v) is 12.0. The molecule has 0 spiro atoms. The van der Waals surface area contributed by atoms with E-state index in [-0.39, 0.29) is 10.6 Å². The predicted octanol–water partition coefficient (Wildman–Crippen LogP) is 3.04. The summed E-state index contributed by atoms with van der Waals surface area (Å²) in [6.45, 7) is 3.76. The molecule has 3 rings (SSSR count). The van der Waals surface area contributed by atoms with Crippen molar-refractivity contribution in [3.8, 4) is 5.75 Å². The van der Waals surface area contributed by atoms with Crippen molar-refractivity contribution < 1.29 is 21.6 Å². The van der Waals surface area contributed by atoms with Gasteiger partial charge >= 0.3 is 0 Å². The Labute approximate surface area is 166 Å². The summed E-state index contributed by atoms with van der Waals surface area (Å²) in [7, 11) is -5.70. The average molecular weight is 425 g/mol. The lowest BCUT2D eigenvalue weighted by Crippen LogP contribution is -2.38. The van der Waals surface area contributed by atoms with Gasteiger partial charge in [0.05, 0.1) is 29.1 Å². The smallest absolute Gasteiger partial charge is 0.262 e. The molecule has 9 heteroatoms. The van der Waals surface area contributed by atoms with Gasteiger partial charge in [-0.15, -0.1) is 0 Å². The standard InChI is InChI=1S/C19H24N2O5S2/c1-14-11-17(21-9-4-5-10-27(21,22)23)12-15(2)19(14)28(24,25)20-16-7-6-8-18(13-16)26-3/h6-8,11-13,20H,4-5,9-10H2,1-3H3. The summed E-state index contributed by atoms with van der Waals surface area (Å²) >= 11 is 0. The maximum atomic E-state index is 13.0. The second kappa shape index (κ2) is 7.63. The van der Waals surface area contributed by atoms with Crippen LogP contribution in [-0.4, -0.2) is 36.2 Å². The number of rotatable bonds is 5. The van der Waals surface area contributed by atoms with Crippen LogP contribution in [0.25, 0.3) is 0 Å². The lowest BCUT2D eigenvalue weighted by atomic mass is 10.1. The summed E-state index contributed by atoms with van der Waals surface area (Å²) in [4.78, 5) is 0.147. The lowest BCUT2D eigenvalue weighted by molar-refractivity contribution is 0.415. The van der Waals surface area contributed by atoms with Gasteiger partial charge in [0, 0.05) is 12.6 Å². The average Bonchev–Trinajstić information content (AvgIpc) is 2.60. The van der Waals surface area contributed by atoms with Crippen molar-refractivity contribution in [2.75, 3.05) is 28.4 Å². The molecule has 0 atom stereocenters. The number of ether oxygens (including phenoxy) is 1. The molecule has 0 unspecified atom stereocenters. The second-order valence-corrected chi connectivity index (χ2v) is 10.5. The second-order valence-electron chi connectivity index (χ2n) is 6.84. The molecule has 0 aliphatic carbocycles. The molecule has 1 fully saturated rings. The Hall–Kier alpha value is -2.26. The van der Waals surface area contributed by atoms with Crippen molar-refractivity contribution in [2.45, 2.75) is 31.6 Å². The number of benzene rings is 2. The van der Waals surface area contributed by atoms with E-state index >= 15 is 0 Å². The topological polar surface area (TPSA) is 92.8 Å². The van der Waals surface area contributed by atoms with Crippen LogP contribution >= 0.6 is 0 Å². The Morgan fingerprint density at radius 2 is 1.75 bits per heavy atom. The van der Waals surface area contributed by atoms with Gasteiger partial charge in [0.2, 0.25) is 10.0 Å². The molecule has 0 radical (unpaired) electrons. The van der Waals surface area contributed by atoms with Crippen molar-refractivity contribution >= 4 is 31.4 Å². The molecule has 0 bridgehead atoms. The fraction of sp³-hybridized carbons (Fsp3) is 0.368. The van der Waals surface area contributed by atoms with Crippen LogP contribution in [0.15, 0.2) is 41.3 Å². The fourth-order valence-electron chi connectivity index (χ4n) is 3.47. The Kier molecular flexibility index (Phi) is 5.58. The number of aryl methyl sites for hydroxylation is 2. The Morgan fingerprint density at radius 1 is 1.07 bits per heavy atom. The van der Waals surface area contributed by atoms with Gasteiger partial charge in [0.15, 0.2) is 0 Å². The van der Waals surface area contributed by atoms with Gasteiger partial charge in [-0.2, -0.15) is 0 Å². The number of anilines is 2. The van der Waals surface area contributed by atoms with E-state index in [1.54, 1.807) is 50.2 Å². The zero-order chi connectivity index (χ0) is 20.5. The molecule has 0 amide bonds. The van der Waals surface area contributed by atoms with Crippen molar-refractivity contribution in [2.24, 2.45) is 0 Å². The number of nitrogens with zero attached hydrogens (tertiary/aromatic N) is 1. The molecule has 2 aromatic rings. The van der Waals surface area contributed by atoms with E-state index in [4.69, 9.17) is 4.74 Å². The first-order chi connectivity index (χ1) is 13.1. The third-order valence-electron chi connectivity index (χ3n) is 4.67. The van der Waals surface area contributed by atoms with E-state index in [0.717, 1.165) is 6.42 Å². The summed E-state index contributed by atoms with van der Waals surface area (Å²) in [5.41, 5.74) is 1.88. The molecule has 152 valence electrons. The molecular weight excluding hydrogens is 400 g/mol. The third kappa shape index (κ3) is 4.10. The molecule has 7 nitrogen and oxygen atoms in total. The van der Waals surface area contributed by atoms with Crippen LogP contribution in [0, 0.1) is 13.8 Å². The van der Waals surface area contributed by atoms with Crippen LogP contribution in [0.2, 0.25) is 0 Å². The maximum absolute atomic E-state index is 13.0. The monoisotopic (exact) mass is 424 g/mol. The van der Waals surface area contributed by atoms with Gasteiger partial charge in [0.1, 0.15) is 5.75 Å². The number of sulfonamides is 2. The van der Waals surface area contributed by atoms with E-state index in [0.29, 0.717) is 41.2 Å². The molecule has 1 saturated heterocycles. The van der Waals surface area contributed by atoms with Crippen molar-refractivity contribution in [1.29, 1.82) is 0 Å². The van der Waals surface area contributed by atoms with E-state index in [2.05, 4.69) is 4.72 Å². The Morgan fingerprint density at radius 3 is 2.36 bits per heavy atom. The molecular formula is C19H24N2O5S2. The van der Waals surface area contributed by atoms with Crippen LogP contribution in [0.4, 0.5) is 11.4 Å². The SMILES string of the molecule is COc1cccc(NS(=O)(=O)c2c(C)cc(N3CCCCS3(=O)=O)cc2C)c1. The van der Waals surface area contributed by atoms with Crippen LogP contribution in [0.1, 0.15) is 24.0 Å². The molecule has 28 heavy (non-hydrogen) atoms. The quantitative estimate of drug-likeness (QED) is 0.796. The van der Waals surface area contributed by atoms with E-state index in [1.807, 2.05) is 0 Å². The first-order valence-electron chi connectivity index (χ1n) is 8.92. The molecule has 2 aromatic carbocycles. The number of methoxy groups -OCH3 is 1. The van der Waals surface area contributed by atoms with Gasteiger partial charge in [-0.3, -0.25) is 9.03 Å². The molecule has 0 aromatic heterocycles. The zero-order valence-corrected chi connectivity index (χ0v) is 17.7. The molecule has 0 saturated carbocycles. The van der Waals surface area contributed by atoms with Crippen LogP contribution in [0.3, 0.4) is 0 Å². The van der Waals surface area contributed by atoms with Crippen LogP contribution in [0.5, 0.6) is 5.75 Å². The molecule has 1 heterocycles. The Bertz CT molecular complexity index is 1070. The minimum Gasteiger partial charge on any atom is -0.497 e. The van der Waals surface area contributed by atoms with E-state index < -0.39 is 20.0 Å². The highest BCUT2D eigenvalue weighted by Gasteiger charge is 2.28. The van der Waals surface area contributed by atoms with Gasteiger partial charge in [-0.25, -0.2) is 16.8 Å². The summed E-state index contributed by atoms with van der Waals surface area (Å²) in [6, 6.07) is 9.89. The van der Waals surface area contributed by atoms with Crippen LogP contribution in [-0.2, 0) is 20.0 Å². The van der Waals surface area contributed by atoms with E-state index in [1.165, 1.54) is 11.4 Å². The van der Waals surface area contributed by atoms with Crippen molar-refractivity contribution in [3.05, 3.63) is 47.5 Å². The lowest BCUT2D eigenvalue weighted by Gasteiger charge is -2.29. The summed E-state index contributed by atoms with van der Waals surface area (Å²) in [6.07, 6.45) is 1.43. The highest BCUT2D eigenvalue weighted by Crippen LogP contribution is 2.31. The van der Waals surface area contributed by atoms with Gasteiger partial charge in [0.25, 0.3) is 10.0 Å². The highest BCUT2D eigenvalue weighted by molar-refractivity contribution is 7.93. The maximum Gasteiger partial charge on any atom is 0.262 e. The minimum atomic E-state index is -3.85. The largest absolute Gasteiger partial charge is 0.497 e. The molecule has 1 aliphatic heterocycles. The molecule has 1 N–H and O–H groups in total. The minimum absolute atomic E-state index is 0.114. The van der Waals surface area contributed by atoms with Crippen LogP contribution < -0.4 is 13.8 Å². The van der Waals surface area contributed by atoms with Gasteiger partial charge in [-0.05, 0) is 62.1 Å². The fourth-order valence-corrected chi connectivity index (χ4v) is 6.60. The summed E-state index contributed by atoms with van der Waals surface area (Å²) < 4.78 is 59.8. The van der Waals surface area contributed by atoms with E-state index in [9.17, 15) is 16.8 Å². The van der Waals surface area contributed by atoms with Crippen molar-refractivity contribution in [1.82, 2.24) is 0 Å². The van der Waals surface area contributed by atoms with Gasteiger partial charge < -0.3 is 4.74 Å². The number of nitrogens with one attached hydrogen (secondary N) is 1. The predicted molar refractivity (Wildman–Crippen MR) is 110 cm³/mol. The summed E-state index contributed by atoms with van der Waals surface area (Å²) in [5, 5.41) is 0. The first kappa shape index (κ1) is 20.5. The normalized spacial score (nSPS) is 16.6. The number of hydrogen-bond acceptors (Lipinski definition) is 5. The third-order valence-corrected chi connectivity index (χ3v) is 8.23. The number of hydrogen-bond donors (Lipinski definition) is 1. The molecule has 1 aliphatic rings. The Balaban J connectivity index is 1.98. The van der Waals surface area contributed by atoms with Gasteiger partial charge in [-0.1, -0.05) is 6.07 Å².